The highest BCUT2D eigenvalue weighted by Gasteiger charge is 2.23. The van der Waals surface area contributed by atoms with Crippen LogP contribution in [0.15, 0.2) is 36.5 Å². The molecule has 88 heavy (non-hydrogen) atoms. The van der Waals surface area contributed by atoms with Crippen LogP contribution >= 0.6 is 7.82 Å². The van der Waals surface area contributed by atoms with E-state index in [-0.39, 0.29) is 19.1 Å². The molecule has 0 saturated carbocycles. The molecule has 3 unspecified atom stereocenters. The average Bonchev–Trinajstić information content (AvgIpc) is 3.70. The quantitative estimate of drug-likeness (QED) is 0.0272. The standard InChI is InChI=1S/C79H155N2O6P/c1-6-8-10-12-14-16-18-20-22-24-26-28-30-32-34-36-37-38-39-40-41-42-43-45-47-49-51-53-55-57-59-61-63-65-67-69-71-73-79(83)80-77(76-87-88(84,85)86-75-74-81(3,4)5)78(82)72-70-68-66-64-62-60-58-56-54-52-50-48-46-44-35-33-31-29-27-25-23-21-19-17-15-13-11-9-7-2/h24,26,62,64,70,72,77-78,82H,6-23,25,27-61,63,65-69,71,73-76H2,1-5H3,(H-,80,83,84,85)/b26-24-,64-62+,72-70+. The van der Waals surface area contributed by atoms with Gasteiger partial charge < -0.3 is 28.8 Å². The van der Waals surface area contributed by atoms with E-state index in [0.29, 0.717) is 17.4 Å². The van der Waals surface area contributed by atoms with Crippen molar-refractivity contribution in [1.29, 1.82) is 0 Å². The maximum atomic E-state index is 13.1. The number of aliphatic hydroxyl groups is 1. The maximum absolute atomic E-state index is 13.1. The largest absolute Gasteiger partial charge is 0.756 e. The van der Waals surface area contributed by atoms with Gasteiger partial charge in [-0.25, -0.2) is 0 Å². The van der Waals surface area contributed by atoms with E-state index in [9.17, 15) is 19.4 Å². The van der Waals surface area contributed by atoms with Crippen molar-refractivity contribution in [2.75, 3.05) is 40.9 Å². The van der Waals surface area contributed by atoms with E-state index in [1.54, 1.807) is 6.08 Å². The van der Waals surface area contributed by atoms with Crippen LogP contribution in [-0.4, -0.2) is 68.5 Å². The van der Waals surface area contributed by atoms with E-state index in [2.05, 4.69) is 43.5 Å². The number of nitrogens with one attached hydrogen (secondary N) is 1. The molecule has 0 aliphatic rings. The summed E-state index contributed by atoms with van der Waals surface area (Å²) in [5.74, 6) is -0.198. The van der Waals surface area contributed by atoms with E-state index in [1.807, 2.05) is 27.2 Å². The lowest BCUT2D eigenvalue weighted by Crippen LogP contribution is -2.45. The molecule has 522 valence electrons. The first-order valence-corrected chi connectivity index (χ1v) is 40.8. The lowest BCUT2D eigenvalue weighted by molar-refractivity contribution is -0.870. The van der Waals surface area contributed by atoms with Gasteiger partial charge in [0.15, 0.2) is 0 Å². The fraction of sp³-hybridized carbons (Fsp3) is 0.911. The molecule has 0 aliphatic carbocycles. The fourth-order valence-electron chi connectivity index (χ4n) is 12.2. The molecule has 0 spiro atoms. The third kappa shape index (κ3) is 72.2. The smallest absolute Gasteiger partial charge is 0.268 e. The van der Waals surface area contributed by atoms with Gasteiger partial charge in [-0.1, -0.05) is 384 Å². The van der Waals surface area contributed by atoms with Crippen molar-refractivity contribution in [2.24, 2.45) is 0 Å². The number of likely N-dealkylation sites (N-methyl/N-ethyl adjacent to an activating group) is 1. The van der Waals surface area contributed by atoms with E-state index in [0.717, 1.165) is 38.5 Å². The molecule has 9 heteroatoms. The summed E-state index contributed by atoms with van der Waals surface area (Å²) in [7, 11) is 1.26. The van der Waals surface area contributed by atoms with Crippen LogP contribution in [0.4, 0.5) is 0 Å². The zero-order valence-electron chi connectivity index (χ0n) is 60.0. The van der Waals surface area contributed by atoms with Gasteiger partial charge >= 0.3 is 0 Å². The number of unbranched alkanes of at least 4 members (excludes halogenated alkanes) is 57. The Balaban J connectivity index is 3.97. The molecule has 0 saturated heterocycles. The molecule has 0 fully saturated rings. The van der Waals surface area contributed by atoms with Gasteiger partial charge in [-0.3, -0.25) is 9.36 Å². The second kappa shape index (κ2) is 70.0. The number of carbonyl (C=O) groups is 1. The normalized spacial score (nSPS) is 13.7. The highest BCUT2D eigenvalue weighted by Crippen LogP contribution is 2.38. The minimum absolute atomic E-state index is 0.00402. The van der Waals surface area contributed by atoms with Crippen molar-refractivity contribution in [1.82, 2.24) is 5.32 Å². The second-order valence-corrected chi connectivity index (χ2v) is 29.8. The van der Waals surface area contributed by atoms with Gasteiger partial charge in [0, 0.05) is 6.42 Å². The van der Waals surface area contributed by atoms with Crippen molar-refractivity contribution < 1.29 is 32.9 Å². The van der Waals surface area contributed by atoms with Crippen LogP contribution < -0.4 is 10.2 Å². The summed E-state index contributed by atoms with van der Waals surface area (Å²) >= 11 is 0. The Hall–Kier alpha value is -1.28. The van der Waals surface area contributed by atoms with Crippen molar-refractivity contribution in [3.05, 3.63) is 36.5 Å². The Morgan fingerprint density at radius 2 is 0.636 bits per heavy atom. The SMILES string of the molecule is CCCCCCCCCC/C=C\CCCCCCCCCCCCCCCCCCCCCCCCCCCC(=O)NC(COP(=O)([O-])OCC[N+](C)(C)C)C(O)/C=C/CC/C=C/CCCCCCCCCCCCCCCCCCCCCCCCC. The molecule has 3 atom stereocenters. The van der Waals surface area contributed by atoms with Crippen LogP contribution in [0.1, 0.15) is 412 Å². The number of quaternary nitrogens is 1. The molecule has 0 aromatic carbocycles. The number of phosphoric ester groups is 1. The molecule has 0 radical (unpaired) electrons. The van der Waals surface area contributed by atoms with E-state index in [1.165, 1.54) is 353 Å². The lowest BCUT2D eigenvalue weighted by Gasteiger charge is -2.29. The number of carbonyl (C=O) groups excluding carboxylic acids is 1. The first-order chi connectivity index (χ1) is 43.0. The van der Waals surface area contributed by atoms with E-state index in [4.69, 9.17) is 9.05 Å². The van der Waals surface area contributed by atoms with Gasteiger partial charge in [0.05, 0.1) is 39.9 Å². The summed E-state index contributed by atoms with van der Waals surface area (Å²) in [6.45, 7) is 4.70. The average molecular weight is 1260 g/mol. The number of hydrogen-bond acceptors (Lipinski definition) is 6. The van der Waals surface area contributed by atoms with Crippen LogP contribution in [0.2, 0.25) is 0 Å². The van der Waals surface area contributed by atoms with E-state index >= 15 is 0 Å². The zero-order chi connectivity index (χ0) is 64.1. The number of phosphoric acid groups is 1. The van der Waals surface area contributed by atoms with Crippen molar-refractivity contribution in [3.63, 3.8) is 0 Å². The van der Waals surface area contributed by atoms with Crippen molar-refractivity contribution in [3.8, 4) is 0 Å². The first-order valence-electron chi connectivity index (χ1n) is 39.4. The summed E-state index contributed by atoms with van der Waals surface area (Å²) in [6.07, 6.45) is 94.6. The van der Waals surface area contributed by atoms with E-state index < -0.39 is 20.0 Å². The molecular weight excluding hydrogens is 1100 g/mol. The van der Waals surface area contributed by atoms with Crippen molar-refractivity contribution in [2.45, 2.75) is 424 Å². The number of aliphatic hydroxyl groups excluding tert-OH is 1. The second-order valence-electron chi connectivity index (χ2n) is 28.4. The lowest BCUT2D eigenvalue weighted by atomic mass is 10.0. The molecular formula is C79H155N2O6P. The highest BCUT2D eigenvalue weighted by atomic mass is 31.2. The van der Waals surface area contributed by atoms with Gasteiger partial charge in [-0.2, -0.15) is 0 Å². The van der Waals surface area contributed by atoms with Crippen LogP contribution in [-0.2, 0) is 18.4 Å². The third-order valence-electron chi connectivity index (χ3n) is 18.3. The molecule has 1 amide bonds. The molecule has 0 heterocycles. The predicted molar refractivity (Wildman–Crippen MR) is 385 cm³/mol. The Morgan fingerprint density at radius 3 is 0.920 bits per heavy atom. The molecule has 2 N–H and O–H groups in total. The monoisotopic (exact) mass is 1260 g/mol. The highest BCUT2D eigenvalue weighted by molar-refractivity contribution is 7.45. The molecule has 0 aromatic rings. The van der Waals surface area contributed by atoms with Gasteiger partial charge in [-0.15, -0.1) is 0 Å². The summed E-state index contributed by atoms with van der Waals surface area (Å²) in [5.41, 5.74) is 0. The zero-order valence-corrected chi connectivity index (χ0v) is 60.9. The summed E-state index contributed by atoms with van der Waals surface area (Å²) in [5, 5.41) is 14.0. The third-order valence-corrected chi connectivity index (χ3v) is 19.3. The number of allylic oxidation sites excluding steroid dienone is 5. The number of amides is 1. The number of hydrogen-bond donors (Lipinski definition) is 2. The van der Waals surface area contributed by atoms with Gasteiger partial charge in [0.25, 0.3) is 7.82 Å². The Morgan fingerprint density at radius 1 is 0.386 bits per heavy atom. The molecule has 0 aromatic heterocycles. The van der Waals surface area contributed by atoms with Crippen LogP contribution in [0.5, 0.6) is 0 Å². The molecule has 0 aliphatic heterocycles. The fourth-order valence-corrected chi connectivity index (χ4v) is 13.0. The topological polar surface area (TPSA) is 108 Å². The van der Waals surface area contributed by atoms with Crippen LogP contribution in [0.3, 0.4) is 0 Å². The van der Waals surface area contributed by atoms with Gasteiger partial charge in [0.1, 0.15) is 13.2 Å². The summed E-state index contributed by atoms with van der Waals surface area (Å²) in [6, 6.07) is -0.904. The minimum atomic E-state index is -4.61. The van der Waals surface area contributed by atoms with Crippen molar-refractivity contribution >= 4 is 13.7 Å². The first kappa shape index (κ1) is 86.7. The maximum Gasteiger partial charge on any atom is 0.268 e. The Kier molecular flexibility index (Phi) is 69.0. The number of nitrogens with zero attached hydrogens (tertiary/aromatic N) is 1. The van der Waals surface area contributed by atoms with Crippen LogP contribution in [0, 0.1) is 0 Å². The summed E-state index contributed by atoms with van der Waals surface area (Å²) in [4.78, 5) is 25.7. The molecule has 8 nitrogen and oxygen atoms in total. The minimum Gasteiger partial charge on any atom is -0.756 e. The Labute approximate surface area is 550 Å². The number of rotatable bonds is 74. The predicted octanol–water partition coefficient (Wildman–Crippen LogP) is 24.9. The van der Waals surface area contributed by atoms with Gasteiger partial charge in [0.2, 0.25) is 5.91 Å². The van der Waals surface area contributed by atoms with Crippen LogP contribution in [0.25, 0.3) is 0 Å². The van der Waals surface area contributed by atoms with Gasteiger partial charge in [-0.05, 0) is 57.8 Å². The molecule has 0 rings (SSSR count). The Bertz CT molecular complexity index is 1530. The molecule has 0 bridgehead atoms. The summed E-state index contributed by atoms with van der Waals surface area (Å²) < 4.78 is 23.5.